The van der Waals surface area contributed by atoms with Gasteiger partial charge in [-0.25, -0.2) is 0 Å². The maximum Gasteiger partial charge on any atom is 0.251 e. The van der Waals surface area contributed by atoms with Crippen LogP contribution in [0.3, 0.4) is 0 Å². The zero-order chi connectivity index (χ0) is 13.4. The lowest BCUT2D eigenvalue weighted by Gasteiger charge is -2.08. The van der Waals surface area contributed by atoms with Gasteiger partial charge in [0.05, 0.1) is 5.52 Å². The van der Waals surface area contributed by atoms with Crippen molar-refractivity contribution in [3.63, 3.8) is 0 Å². The molecular formula is C15H16N2O2. The summed E-state index contributed by atoms with van der Waals surface area (Å²) in [5.74, 6) is -0.0251. The molecule has 0 saturated heterocycles. The Balaban J connectivity index is 2.12. The number of hydrogen-bond donors (Lipinski definition) is 2. The third-order valence-corrected chi connectivity index (χ3v) is 3.69. The van der Waals surface area contributed by atoms with Gasteiger partial charge in [-0.3, -0.25) is 9.59 Å². The van der Waals surface area contributed by atoms with Crippen molar-refractivity contribution in [1.29, 1.82) is 0 Å². The molecule has 19 heavy (non-hydrogen) atoms. The Morgan fingerprint density at radius 3 is 2.89 bits per heavy atom. The van der Waals surface area contributed by atoms with Crippen LogP contribution in [0.4, 0.5) is 5.69 Å². The van der Waals surface area contributed by atoms with Crippen LogP contribution in [0.25, 0.3) is 10.9 Å². The largest absolute Gasteiger partial charge is 0.326 e. The van der Waals surface area contributed by atoms with Crippen molar-refractivity contribution in [1.82, 2.24) is 4.98 Å². The molecule has 0 spiro atoms. The number of carbonyl (C=O) groups excluding carboxylic acids is 1. The fourth-order valence-corrected chi connectivity index (χ4v) is 2.73. The minimum Gasteiger partial charge on any atom is -0.326 e. The van der Waals surface area contributed by atoms with E-state index in [-0.39, 0.29) is 11.5 Å². The highest BCUT2D eigenvalue weighted by atomic mass is 16.1. The summed E-state index contributed by atoms with van der Waals surface area (Å²) in [5, 5.41) is 3.91. The summed E-state index contributed by atoms with van der Waals surface area (Å²) >= 11 is 0. The number of anilines is 1. The van der Waals surface area contributed by atoms with Crippen LogP contribution >= 0.6 is 0 Å². The van der Waals surface area contributed by atoms with Gasteiger partial charge in [0.15, 0.2) is 0 Å². The molecule has 0 atom stereocenters. The molecule has 0 saturated carbocycles. The van der Waals surface area contributed by atoms with Crippen molar-refractivity contribution in [3.8, 4) is 0 Å². The number of H-pyrrole nitrogens is 1. The Bertz CT molecular complexity index is 716. The number of carbonyl (C=O) groups is 1. The molecule has 0 unspecified atom stereocenters. The summed E-state index contributed by atoms with van der Waals surface area (Å²) in [6, 6.07) is 5.72. The van der Waals surface area contributed by atoms with E-state index in [4.69, 9.17) is 0 Å². The van der Waals surface area contributed by atoms with Crippen LogP contribution in [-0.2, 0) is 17.6 Å². The van der Waals surface area contributed by atoms with Crippen molar-refractivity contribution in [2.75, 3.05) is 5.32 Å². The predicted molar refractivity (Wildman–Crippen MR) is 75.5 cm³/mol. The Labute approximate surface area is 110 Å². The van der Waals surface area contributed by atoms with Gasteiger partial charge in [0.1, 0.15) is 0 Å². The van der Waals surface area contributed by atoms with Gasteiger partial charge in [0.2, 0.25) is 5.91 Å². The maximum atomic E-state index is 12.0. The first-order chi connectivity index (χ1) is 9.19. The Morgan fingerprint density at radius 1 is 1.32 bits per heavy atom. The Morgan fingerprint density at radius 2 is 2.11 bits per heavy atom. The van der Waals surface area contributed by atoms with Gasteiger partial charge in [-0.05, 0) is 37.0 Å². The molecule has 4 heteroatoms. The number of benzene rings is 1. The molecule has 0 radical (unpaired) electrons. The maximum absolute atomic E-state index is 12.0. The van der Waals surface area contributed by atoms with Crippen molar-refractivity contribution >= 4 is 22.5 Å². The molecule has 0 aliphatic heterocycles. The minimum atomic E-state index is -0.0251. The second-order valence-electron chi connectivity index (χ2n) is 4.93. The van der Waals surface area contributed by atoms with Gasteiger partial charge in [0, 0.05) is 23.1 Å². The van der Waals surface area contributed by atoms with Crippen molar-refractivity contribution in [2.45, 2.75) is 32.6 Å². The van der Waals surface area contributed by atoms with E-state index in [2.05, 4.69) is 10.3 Å². The molecule has 1 heterocycles. The highest BCUT2D eigenvalue weighted by molar-refractivity contribution is 5.94. The van der Waals surface area contributed by atoms with E-state index in [0.717, 1.165) is 41.4 Å². The number of aryl methyl sites for hydroxylation is 1. The number of amides is 1. The third-order valence-electron chi connectivity index (χ3n) is 3.69. The van der Waals surface area contributed by atoms with Crippen molar-refractivity contribution in [2.24, 2.45) is 0 Å². The molecule has 2 aromatic rings. The van der Waals surface area contributed by atoms with Crippen LogP contribution in [0.1, 0.15) is 30.9 Å². The molecule has 98 valence electrons. The average Bonchev–Trinajstić information content (AvgIpc) is 2.88. The topological polar surface area (TPSA) is 62.0 Å². The summed E-state index contributed by atoms with van der Waals surface area (Å²) in [4.78, 5) is 26.3. The third kappa shape index (κ3) is 2.03. The van der Waals surface area contributed by atoms with Crippen molar-refractivity contribution in [3.05, 3.63) is 39.7 Å². The Kier molecular flexibility index (Phi) is 2.85. The van der Waals surface area contributed by atoms with Gasteiger partial charge in [0.25, 0.3) is 5.56 Å². The summed E-state index contributed by atoms with van der Waals surface area (Å²) in [6.07, 6.45) is 3.33. The van der Waals surface area contributed by atoms with Crippen LogP contribution in [0, 0.1) is 0 Å². The zero-order valence-electron chi connectivity index (χ0n) is 10.9. The molecule has 1 aromatic carbocycles. The highest BCUT2D eigenvalue weighted by Crippen LogP contribution is 2.27. The molecule has 1 amide bonds. The monoisotopic (exact) mass is 256 g/mol. The number of hydrogen-bond acceptors (Lipinski definition) is 2. The minimum absolute atomic E-state index is 0.0129. The van der Waals surface area contributed by atoms with Crippen LogP contribution in [-0.4, -0.2) is 10.9 Å². The van der Waals surface area contributed by atoms with Crippen LogP contribution in [0.5, 0.6) is 0 Å². The molecule has 0 fully saturated rings. The Hall–Kier alpha value is -2.10. The molecule has 0 bridgehead atoms. The SMILES string of the molecule is CCC(=O)Nc1ccc2c3c(c(=O)[nH]c2c1)CCC3. The van der Waals surface area contributed by atoms with Gasteiger partial charge >= 0.3 is 0 Å². The lowest BCUT2D eigenvalue weighted by atomic mass is 10.1. The van der Waals surface area contributed by atoms with Crippen LogP contribution < -0.4 is 10.9 Å². The van der Waals surface area contributed by atoms with Crippen LogP contribution in [0.15, 0.2) is 23.0 Å². The fraction of sp³-hybridized carbons (Fsp3) is 0.333. The van der Waals surface area contributed by atoms with E-state index in [9.17, 15) is 9.59 Å². The smallest absolute Gasteiger partial charge is 0.251 e. The number of rotatable bonds is 2. The van der Waals surface area contributed by atoms with E-state index in [1.165, 1.54) is 5.56 Å². The second-order valence-corrected chi connectivity index (χ2v) is 4.93. The van der Waals surface area contributed by atoms with Crippen LogP contribution in [0.2, 0.25) is 0 Å². The first kappa shape index (κ1) is 12.0. The molecule has 1 aromatic heterocycles. The first-order valence-corrected chi connectivity index (χ1v) is 6.66. The number of nitrogens with one attached hydrogen (secondary N) is 2. The molecular weight excluding hydrogens is 240 g/mol. The van der Waals surface area contributed by atoms with Gasteiger partial charge in [-0.2, -0.15) is 0 Å². The number of fused-ring (bicyclic) bond motifs is 3. The van der Waals surface area contributed by atoms with E-state index >= 15 is 0 Å². The number of aromatic nitrogens is 1. The molecule has 1 aliphatic carbocycles. The predicted octanol–water partition coefficient (Wildman–Crippen LogP) is 2.37. The molecule has 1 aliphatic rings. The lowest BCUT2D eigenvalue weighted by molar-refractivity contribution is -0.115. The zero-order valence-corrected chi connectivity index (χ0v) is 10.9. The normalized spacial score (nSPS) is 13.5. The highest BCUT2D eigenvalue weighted by Gasteiger charge is 2.17. The summed E-state index contributed by atoms with van der Waals surface area (Å²) in [7, 11) is 0. The average molecular weight is 256 g/mol. The standard InChI is InChI=1S/C15H16N2O2/c1-2-14(18)16-9-6-7-11-10-4-3-5-12(10)15(19)17-13(11)8-9/h6-8H,2-5H2,1H3,(H,16,18)(H,17,19). The molecule has 4 nitrogen and oxygen atoms in total. The van der Waals surface area contributed by atoms with E-state index in [1.54, 1.807) is 0 Å². The fourth-order valence-electron chi connectivity index (χ4n) is 2.73. The van der Waals surface area contributed by atoms with E-state index in [1.807, 2.05) is 25.1 Å². The summed E-state index contributed by atoms with van der Waals surface area (Å²) < 4.78 is 0. The van der Waals surface area contributed by atoms with Crippen molar-refractivity contribution < 1.29 is 4.79 Å². The first-order valence-electron chi connectivity index (χ1n) is 6.66. The van der Waals surface area contributed by atoms with Gasteiger partial charge in [-0.1, -0.05) is 13.0 Å². The molecule has 2 N–H and O–H groups in total. The molecule has 3 rings (SSSR count). The van der Waals surface area contributed by atoms with Gasteiger partial charge < -0.3 is 10.3 Å². The number of pyridine rings is 1. The van der Waals surface area contributed by atoms with E-state index in [0.29, 0.717) is 6.42 Å². The summed E-state index contributed by atoms with van der Waals surface area (Å²) in [6.45, 7) is 1.81. The summed E-state index contributed by atoms with van der Waals surface area (Å²) in [5.41, 5.74) is 3.65. The van der Waals surface area contributed by atoms with E-state index < -0.39 is 0 Å². The second kappa shape index (κ2) is 4.53. The number of aromatic amines is 1. The quantitative estimate of drug-likeness (QED) is 0.866. The van der Waals surface area contributed by atoms with Gasteiger partial charge in [-0.15, -0.1) is 0 Å². The lowest BCUT2D eigenvalue weighted by Crippen LogP contribution is -2.13.